The zero-order valence-electron chi connectivity index (χ0n) is 12.5. The minimum absolute atomic E-state index is 0.0266. The summed E-state index contributed by atoms with van der Waals surface area (Å²) in [7, 11) is 0. The van der Waals surface area contributed by atoms with Crippen LogP contribution in [0.3, 0.4) is 0 Å². The van der Waals surface area contributed by atoms with Gasteiger partial charge in [0.25, 0.3) is 0 Å². The van der Waals surface area contributed by atoms with Crippen molar-refractivity contribution < 1.29 is 19.0 Å². The Labute approximate surface area is 125 Å². The van der Waals surface area contributed by atoms with Crippen LogP contribution in [-0.2, 0) is 4.74 Å². The molecule has 116 valence electrons. The molecule has 1 unspecified atom stereocenters. The third kappa shape index (κ3) is 3.22. The Morgan fingerprint density at radius 1 is 1.38 bits per heavy atom. The molecular weight excluding hydrogens is 271 g/mol. The molecule has 1 aromatic rings. The summed E-state index contributed by atoms with van der Waals surface area (Å²) in [5.41, 5.74) is 0.615. The summed E-state index contributed by atoms with van der Waals surface area (Å²) in [5, 5.41) is 9.80. The number of ether oxygens (including phenoxy) is 2. The van der Waals surface area contributed by atoms with E-state index in [1.165, 1.54) is 25.0 Å². The zero-order chi connectivity index (χ0) is 14.9. The predicted molar refractivity (Wildman–Crippen MR) is 77.8 cm³/mol. The summed E-state index contributed by atoms with van der Waals surface area (Å²) in [6.45, 7) is 2.37. The molecule has 3 rings (SSSR count). The maximum absolute atomic E-state index is 13.5. The zero-order valence-corrected chi connectivity index (χ0v) is 12.5. The van der Waals surface area contributed by atoms with E-state index in [-0.39, 0.29) is 17.5 Å². The van der Waals surface area contributed by atoms with Crippen LogP contribution in [0.5, 0.6) is 5.75 Å². The van der Waals surface area contributed by atoms with E-state index < -0.39 is 6.10 Å². The number of benzene rings is 1. The predicted octanol–water partition coefficient (Wildman–Crippen LogP) is 3.75. The van der Waals surface area contributed by atoms with Gasteiger partial charge in [-0.2, -0.15) is 0 Å². The minimum atomic E-state index is -0.666. The van der Waals surface area contributed by atoms with Crippen LogP contribution in [0.2, 0.25) is 0 Å². The van der Waals surface area contributed by atoms with Crippen molar-refractivity contribution in [2.45, 2.75) is 63.3 Å². The summed E-state index contributed by atoms with van der Waals surface area (Å²) in [4.78, 5) is 0. The molecule has 1 spiro atoms. The molecule has 2 atom stereocenters. The number of aliphatic hydroxyl groups is 1. The van der Waals surface area contributed by atoms with Crippen LogP contribution >= 0.6 is 0 Å². The van der Waals surface area contributed by atoms with Crippen molar-refractivity contribution in [3.63, 3.8) is 0 Å². The average Bonchev–Trinajstić information content (AvgIpc) is 2.86. The van der Waals surface area contributed by atoms with E-state index in [0.717, 1.165) is 25.7 Å². The molecule has 1 heterocycles. The molecule has 0 amide bonds. The van der Waals surface area contributed by atoms with Gasteiger partial charge in [-0.1, -0.05) is 12.8 Å². The van der Waals surface area contributed by atoms with Gasteiger partial charge in [0, 0.05) is 24.5 Å². The van der Waals surface area contributed by atoms with Crippen LogP contribution in [-0.4, -0.2) is 23.4 Å². The van der Waals surface area contributed by atoms with E-state index in [1.807, 2.05) is 0 Å². The van der Waals surface area contributed by atoms with Gasteiger partial charge in [0.2, 0.25) is 0 Å². The Morgan fingerprint density at radius 2 is 2.14 bits per heavy atom. The van der Waals surface area contributed by atoms with Crippen molar-refractivity contribution in [2.75, 3.05) is 6.61 Å². The highest BCUT2D eigenvalue weighted by atomic mass is 19.1. The van der Waals surface area contributed by atoms with Crippen LogP contribution in [0.15, 0.2) is 18.2 Å². The standard InChI is InChI=1S/C17H23FO3/c1-12(19)15-5-4-13(18)10-16(15)21-14-6-9-20-17(11-14)7-2-3-8-17/h4-5,10,12,14,19H,2-3,6-9,11H2,1H3/t12-,14?/m0/s1. The van der Waals surface area contributed by atoms with Crippen molar-refractivity contribution >= 4 is 0 Å². The molecule has 3 nitrogen and oxygen atoms in total. The molecule has 4 heteroatoms. The van der Waals surface area contributed by atoms with Crippen molar-refractivity contribution in [3.05, 3.63) is 29.6 Å². The summed E-state index contributed by atoms with van der Waals surface area (Å²) < 4.78 is 25.5. The average molecular weight is 294 g/mol. The fourth-order valence-corrected chi connectivity index (χ4v) is 3.59. The number of rotatable bonds is 3. The smallest absolute Gasteiger partial charge is 0.128 e. The molecule has 1 aliphatic heterocycles. The first-order valence-electron chi connectivity index (χ1n) is 7.86. The third-order valence-corrected chi connectivity index (χ3v) is 4.68. The number of halogens is 1. The maximum Gasteiger partial charge on any atom is 0.128 e. The summed E-state index contributed by atoms with van der Waals surface area (Å²) in [6, 6.07) is 4.33. The van der Waals surface area contributed by atoms with E-state index in [1.54, 1.807) is 13.0 Å². The van der Waals surface area contributed by atoms with Crippen molar-refractivity contribution in [3.8, 4) is 5.75 Å². The molecule has 1 aliphatic carbocycles. The molecule has 0 bridgehead atoms. The van der Waals surface area contributed by atoms with Gasteiger partial charge in [-0.05, 0) is 31.9 Å². The van der Waals surface area contributed by atoms with Crippen molar-refractivity contribution in [1.82, 2.24) is 0 Å². The van der Waals surface area contributed by atoms with Gasteiger partial charge in [0.05, 0.1) is 18.3 Å². The first kappa shape index (κ1) is 14.8. The van der Waals surface area contributed by atoms with Gasteiger partial charge in [-0.15, -0.1) is 0 Å². The molecule has 0 radical (unpaired) electrons. The van der Waals surface area contributed by atoms with Crippen LogP contribution in [0.4, 0.5) is 4.39 Å². The largest absolute Gasteiger partial charge is 0.490 e. The van der Waals surface area contributed by atoms with Gasteiger partial charge in [-0.25, -0.2) is 4.39 Å². The molecule has 2 aliphatic rings. The summed E-state index contributed by atoms with van der Waals surface area (Å²) >= 11 is 0. The third-order valence-electron chi connectivity index (χ3n) is 4.68. The lowest BCUT2D eigenvalue weighted by Gasteiger charge is -2.38. The Hall–Kier alpha value is -1.13. The summed E-state index contributed by atoms with van der Waals surface area (Å²) in [5.74, 6) is 0.127. The highest BCUT2D eigenvalue weighted by Crippen LogP contribution is 2.41. The molecular formula is C17H23FO3. The molecule has 1 saturated carbocycles. The fraction of sp³-hybridized carbons (Fsp3) is 0.647. The second-order valence-corrected chi connectivity index (χ2v) is 6.33. The summed E-state index contributed by atoms with van der Waals surface area (Å²) in [6.07, 6.45) is 5.67. The lowest BCUT2D eigenvalue weighted by Crippen LogP contribution is -2.41. The van der Waals surface area contributed by atoms with E-state index in [0.29, 0.717) is 17.9 Å². The number of hydrogen-bond acceptors (Lipinski definition) is 3. The highest BCUT2D eigenvalue weighted by Gasteiger charge is 2.40. The van der Waals surface area contributed by atoms with Gasteiger partial charge < -0.3 is 14.6 Å². The van der Waals surface area contributed by atoms with Gasteiger partial charge in [0.15, 0.2) is 0 Å². The van der Waals surface area contributed by atoms with E-state index >= 15 is 0 Å². The van der Waals surface area contributed by atoms with Crippen molar-refractivity contribution in [2.24, 2.45) is 0 Å². The molecule has 0 aromatic heterocycles. The van der Waals surface area contributed by atoms with Crippen LogP contribution < -0.4 is 4.74 Å². The monoisotopic (exact) mass is 294 g/mol. The topological polar surface area (TPSA) is 38.7 Å². The van der Waals surface area contributed by atoms with Crippen LogP contribution in [0, 0.1) is 5.82 Å². The van der Waals surface area contributed by atoms with Crippen LogP contribution in [0.25, 0.3) is 0 Å². The molecule has 21 heavy (non-hydrogen) atoms. The molecule has 1 saturated heterocycles. The molecule has 1 aromatic carbocycles. The molecule has 2 fully saturated rings. The number of hydrogen-bond donors (Lipinski definition) is 1. The van der Waals surface area contributed by atoms with E-state index in [9.17, 15) is 9.50 Å². The Balaban J connectivity index is 1.75. The van der Waals surface area contributed by atoms with Gasteiger partial charge >= 0.3 is 0 Å². The normalized spacial score (nSPS) is 26.0. The van der Waals surface area contributed by atoms with Crippen LogP contribution in [0.1, 0.15) is 57.1 Å². The highest BCUT2D eigenvalue weighted by molar-refractivity contribution is 5.35. The fourth-order valence-electron chi connectivity index (χ4n) is 3.59. The molecule has 1 N–H and O–H groups in total. The first-order valence-corrected chi connectivity index (χ1v) is 7.86. The van der Waals surface area contributed by atoms with Crippen molar-refractivity contribution in [1.29, 1.82) is 0 Å². The number of aliphatic hydroxyl groups excluding tert-OH is 1. The SMILES string of the molecule is C[C@H](O)c1ccc(F)cc1OC1CCOC2(CCCC2)C1. The second-order valence-electron chi connectivity index (χ2n) is 6.33. The lowest BCUT2D eigenvalue weighted by atomic mass is 9.90. The first-order chi connectivity index (χ1) is 10.1. The lowest BCUT2D eigenvalue weighted by molar-refractivity contribution is -0.108. The van der Waals surface area contributed by atoms with E-state index in [4.69, 9.17) is 9.47 Å². The maximum atomic E-state index is 13.5. The minimum Gasteiger partial charge on any atom is -0.490 e. The second kappa shape index (κ2) is 5.93. The Morgan fingerprint density at radius 3 is 2.86 bits per heavy atom. The quantitative estimate of drug-likeness (QED) is 0.922. The van der Waals surface area contributed by atoms with Gasteiger partial charge in [0.1, 0.15) is 17.7 Å². The van der Waals surface area contributed by atoms with Gasteiger partial charge in [-0.3, -0.25) is 0 Å². The Kier molecular flexibility index (Phi) is 4.18. The van der Waals surface area contributed by atoms with E-state index in [2.05, 4.69) is 0 Å². The Bertz CT molecular complexity index is 495.